The molecule has 0 bridgehead atoms. The maximum Gasteiger partial charge on any atom is 0.209 e. The Kier molecular flexibility index (Phi) is 4.79. The van der Waals surface area contributed by atoms with Crippen LogP contribution in [-0.4, -0.2) is 37.5 Å². The van der Waals surface area contributed by atoms with Crippen molar-refractivity contribution in [1.29, 1.82) is 5.26 Å². The second-order valence-electron chi connectivity index (χ2n) is 5.81. The average Bonchev–Trinajstić information content (AvgIpc) is 2.46. The predicted octanol–water partition coefficient (Wildman–Crippen LogP) is 2.17. The number of hydrogen-bond donors (Lipinski definition) is 0. The number of carbonyl (C=O) groups is 1. The van der Waals surface area contributed by atoms with Gasteiger partial charge < -0.3 is 9.80 Å². The van der Waals surface area contributed by atoms with Gasteiger partial charge in [0.15, 0.2) is 0 Å². The van der Waals surface area contributed by atoms with E-state index in [1.54, 1.807) is 4.90 Å². The van der Waals surface area contributed by atoms with E-state index >= 15 is 0 Å². The van der Waals surface area contributed by atoms with E-state index in [9.17, 15) is 14.4 Å². The van der Waals surface area contributed by atoms with Gasteiger partial charge in [-0.15, -0.1) is 0 Å². The van der Waals surface area contributed by atoms with Gasteiger partial charge in [0.2, 0.25) is 6.41 Å². The average molecular weight is 289 g/mol. The lowest BCUT2D eigenvalue weighted by molar-refractivity contribution is -0.118. The Labute approximate surface area is 124 Å². The first-order valence-corrected chi connectivity index (χ1v) is 7.22. The van der Waals surface area contributed by atoms with Gasteiger partial charge in [-0.2, -0.15) is 5.26 Å². The molecular weight excluding hydrogens is 269 g/mol. The Bertz CT molecular complexity index is 557. The summed E-state index contributed by atoms with van der Waals surface area (Å²) in [7, 11) is 0. The van der Waals surface area contributed by atoms with Gasteiger partial charge in [-0.1, -0.05) is 13.8 Å². The molecule has 4 nitrogen and oxygen atoms in total. The fourth-order valence-electron chi connectivity index (χ4n) is 2.66. The first kappa shape index (κ1) is 15.3. The van der Waals surface area contributed by atoms with E-state index in [4.69, 9.17) is 0 Å². The van der Waals surface area contributed by atoms with Crippen molar-refractivity contribution in [1.82, 2.24) is 4.90 Å². The summed E-state index contributed by atoms with van der Waals surface area (Å²) in [6.45, 7) is 6.61. The molecule has 0 saturated carbocycles. The van der Waals surface area contributed by atoms with Crippen LogP contribution in [0, 0.1) is 23.1 Å². The van der Waals surface area contributed by atoms with Crippen LogP contribution >= 0.6 is 0 Å². The molecule has 0 spiro atoms. The summed E-state index contributed by atoms with van der Waals surface area (Å²) >= 11 is 0. The molecular formula is C16H20FN3O. The molecule has 2 rings (SSSR count). The van der Waals surface area contributed by atoms with Gasteiger partial charge >= 0.3 is 0 Å². The number of anilines is 1. The lowest BCUT2D eigenvalue weighted by Crippen LogP contribution is -2.46. The van der Waals surface area contributed by atoms with Gasteiger partial charge in [-0.25, -0.2) is 4.39 Å². The van der Waals surface area contributed by atoms with Crippen molar-refractivity contribution in [3.63, 3.8) is 0 Å². The zero-order chi connectivity index (χ0) is 15.4. The highest BCUT2D eigenvalue weighted by atomic mass is 19.1. The largest absolute Gasteiger partial charge is 0.367 e. The maximum atomic E-state index is 14.1. The Morgan fingerprint density at radius 1 is 1.33 bits per heavy atom. The number of benzene rings is 1. The monoisotopic (exact) mass is 289 g/mol. The Morgan fingerprint density at radius 2 is 2.00 bits per heavy atom. The van der Waals surface area contributed by atoms with Crippen LogP contribution in [0.15, 0.2) is 12.1 Å². The van der Waals surface area contributed by atoms with Gasteiger partial charge in [0, 0.05) is 26.2 Å². The Hall–Kier alpha value is -2.09. The van der Waals surface area contributed by atoms with Crippen molar-refractivity contribution in [2.24, 2.45) is 5.92 Å². The molecule has 0 radical (unpaired) electrons. The van der Waals surface area contributed by atoms with Crippen molar-refractivity contribution in [2.45, 2.75) is 20.3 Å². The highest BCUT2D eigenvalue weighted by Gasteiger charge is 2.21. The maximum absolute atomic E-state index is 14.1. The number of nitriles is 1. The molecule has 0 N–H and O–H groups in total. The summed E-state index contributed by atoms with van der Waals surface area (Å²) in [6.07, 6.45) is 1.61. The van der Waals surface area contributed by atoms with Crippen LogP contribution in [0.4, 0.5) is 10.1 Å². The number of nitrogens with zero attached hydrogens (tertiary/aromatic N) is 3. The molecule has 1 aromatic carbocycles. The smallest absolute Gasteiger partial charge is 0.209 e. The summed E-state index contributed by atoms with van der Waals surface area (Å²) in [5.41, 5.74) is 1.66. The van der Waals surface area contributed by atoms with E-state index in [1.165, 1.54) is 6.07 Å². The van der Waals surface area contributed by atoms with Crippen LogP contribution in [0.2, 0.25) is 0 Å². The van der Waals surface area contributed by atoms with E-state index < -0.39 is 5.82 Å². The van der Waals surface area contributed by atoms with Crippen molar-refractivity contribution >= 4 is 12.1 Å². The van der Waals surface area contributed by atoms with Gasteiger partial charge in [-0.3, -0.25) is 4.79 Å². The molecule has 1 amide bonds. The highest BCUT2D eigenvalue weighted by molar-refractivity contribution is 5.62. The number of rotatable bonds is 4. The Balaban J connectivity index is 2.30. The minimum atomic E-state index is -0.455. The van der Waals surface area contributed by atoms with Gasteiger partial charge in [0.05, 0.1) is 5.69 Å². The number of halogens is 1. The molecule has 0 aromatic heterocycles. The first-order valence-electron chi connectivity index (χ1n) is 7.22. The van der Waals surface area contributed by atoms with Crippen LogP contribution in [-0.2, 0) is 11.2 Å². The second kappa shape index (κ2) is 6.57. The predicted molar refractivity (Wildman–Crippen MR) is 79.5 cm³/mol. The third-order valence-corrected chi connectivity index (χ3v) is 3.69. The van der Waals surface area contributed by atoms with Crippen molar-refractivity contribution < 1.29 is 9.18 Å². The molecule has 1 saturated heterocycles. The van der Waals surface area contributed by atoms with Gasteiger partial charge in [0.25, 0.3) is 0 Å². The number of amides is 1. The fraction of sp³-hybridized carbons (Fsp3) is 0.500. The molecule has 0 atom stereocenters. The lowest BCUT2D eigenvalue weighted by Gasteiger charge is -2.34. The van der Waals surface area contributed by atoms with E-state index in [-0.39, 0.29) is 5.56 Å². The second-order valence-corrected chi connectivity index (χ2v) is 5.81. The number of hydrogen-bond acceptors (Lipinski definition) is 3. The topological polar surface area (TPSA) is 47.3 Å². The highest BCUT2D eigenvalue weighted by Crippen LogP contribution is 2.27. The van der Waals surface area contributed by atoms with E-state index in [0.717, 1.165) is 18.4 Å². The number of piperazine rings is 1. The van der Waals surface area contributed by atoms with Crippen LogP contribution in [0.3, 0.4) is 0 Å². The lowest BCUT2D eigenvalue weighted by atomic mass is 9.99. The molecule has 1 aromatic rings. The van der Waals surface area contributed by atoms with Crippen molar-refractivity contribution in [3.8, 4) is 6.07 Å². The molecule has 5 heteroatoms. The molecule has 0 aliphatic carbocycles. The summed E-state index contributed by atoms with van der Waals surface area (Å²) in [5.74, 6) is -0.0273. The minimum absolute atomic E-state index is 0.0991. The first-order chi connectivity index (χ1) is 10.0. The summed E-state index contributed by atoms with van der Waals surface area (Å²) < 4.78 is 14.1. The quantitative estimate of drug-likeness (QED) is 0.798. The third-order valence-electron chi connectivity index (χ3n) is 3.69. The van der Waals surface area contributed by atoms with Gasteiger partial charge in [-0.05, 0) is 30.0 Å². The minimum Gasteiger partial charge on any atom is -0.367 e. The molecule has 1 heterocycles. The molecule has 1 aliphatic rings. The SMILES string of the molecule is CC(C)Cc1cc(F)c(C#N)c(N2CCN(C=O)CC2)c1. The zero-order valence-electron chi connectivity index (χ0n) is 12.5. The van der Waals surface area contributed by atoms with Crippen LogP contribution in [0.5, 0.6) is 0 Å². The fourth-order valence-corrected chi connectivity index (χ4v) is 2.66. The van der Waals surface area contributed by atoms with Crippen molar-refractivity contribution in [3.05, 3.63) is 29.1 Å². The van der Waals surface area contributed by atoms with E-state index in [2.05, 4.69) is 13.8 Å². The Morgan fingerprint density at radius 3 is 2.52 bits per heavy atom. The molecule has 21 heavy (non-hydrogen) atoms. The standard InChI is InChI=1S/C16H20FN3O/c1-12(2)7-13-8-15(17)14(10-18)16(9-13)20-5-3-19(11-21)4-6-20/h8-9,11-12H,3-7H2,1-2H3. The van der Waals surface area contributed by atoms with E-state index in [0.29, 0.717) is 37.8 Å². The van der Waals surface area contributed by atoms with Crippen LogP contribution in [0.1, 0.15) is 25.0 Å². The molecule has 112 valence electrons. The van der Waals surface area contributed by atoms with Crippen molar-refractivity contribution in [2.75, 3.05) is 31.1 Å². The summed E-state index contributed by atoms with van der Waals surface area (Å²) in [6, 6.07) is 5.34. The normalized spacial score (nSPS) is 15.2. The zero-order valence-corrected chi connectivity index (χ0v) is 12.5. The molecule has 1 aliphatic heterocycles. The molecule has 1 fully saturated rings. The summed E-state index contributed by atoms with van der Waals surface area (Å²) in [5, 5.41) is 9.22. The van der Waals surface area contributed by atoms with Gasteiger partial charge in [0.1, 0.15) is 17.4 Å². The van der Waals surface area contributed by atoms with Crippen LogP contribution in [0.25, 0.3) is 0 Å². The van der Waals surface area contributed by atoms with E-state index in [1.807, 2.05) is 17.0 Å². The van der Waals surface area contributed by atoms with Crippen LogP contribution < -0.4 is 4.90 Å². The third kappa shape index (κ3) is 3.52. The number of carbonyl (C=O) groups excluding carboxylic acids is 1. The summed E-state index contributed by atoms with van der Waals surface area (Å²) in [4.78, 5) is 14.4. The molecule has 0 unspecified atom stereocenters.